The lowest BCUT2D eigenvalue weighted by atomic mass is 10.1. The SMILES string of the molecule is C=C1CCC(=C)C1=CN(C)C. The van der Waals surface area contributed by atoms with Crippen LogP contribution >= 0.6 is 0 Å². The summed E-state index contributed by atoms with van der Waals surface area (Å²) >= 11 is 0. The van der Waals surface area contributed by atoms with Crippen LogP contribution < -0.4 is 0 Å². The molecule has 1 heteroatoms. The second kappa shape index (κ2) is 2.95. The molecule has 60 valence electrons. The van der Waals surface area contributed by atoms with Gasteiger partial charge in [0.1, 0.15) is 0 Å². The summed E-state index contributed by atoms with van der Waals surface area (Å²) in [7, 11) is 4.04. The van der Waals surface area contributed by atoms with E-state index < -0.39 is 0 Å². The first-order valence-electron chi connectivity index (χ1n) is 3.86. The zero-order valence-corrected chi connectivity index (χ0v) is 7.35. The standard InChI is InChI=1S/C10H15N/c1-8-5-6-9(2)10(8)7-11(3)4/h7H,1-2,5-6H2,3-4H3. The molecule has 0 heterocycles. The fraction of sp³-hybridized carbons (Fsp3) is 0.400. The van der Waals surface area contributed by atoms with E-state index in [1.54, 1.807) is 0 Å². The van der Waals surface area contributed by atoms with Gasteiger partial charge in [0, 0.05) is 20.3 Å². The minimum atomic E-state index is 1.08. The smallest absolute Gasteiger partial charge is 0.00638 e. The van der Waals surface area contributed by atoms with Gasteiger partial charge in [0.2, 0.25) is 0 Å². The van der Waals surface area contributed by atoms with Gasteiger partial charge in [-0.3, -0.25) is 0 Å². The number of rotatable bonds is 1. The molecule has 0 atom stereocenters. The molecule has 0 aromatic rings. The van der Waals surface area contributed by atoms with Crippen LogP contribution in [0.5, 0.6) is 0 Å². The highest BCUT2D eigenvalue weighted by molar-refractivity contribution is 5.48. The maximum atomic E-state index is 3.98. The van der Waals surface area contributed by atoms with Crippen LogP contribution in [0.1, 0.15) is 12.8 Å². The second-order valence-corrected chi connectivity index (χ2v) is 3.21. The van der Waals surface area contributed by atoms with Crippen LogP contribution in [0.15, 0.2) is 36.1 Å². The summed E-state index contributed by atoms with van der Waals surface area (Å²) < 4.78 is 0. The Balaban J connectivity index is 2.84. The Labute approximate surface area is 68.7 Å². The summed E-state index contributed by atoms with van der Waals surface area (Å²) in [5, 5.41) is 0. The molecule has 0 spiro atoms. The zero-order chi connectivity index (χ0) is 8.43. The Hall–Kier alpha value is -0.980. The van der Waals surface area contributed by atoms with E-state index in [1.807, 2.05) is 19.0 Å². The predicted molar refractivity (Wildman–Crippen MR) is 49.3 cm³/mol. The third-order valence-electron chi connectivity index (χ3n) is 1.88. The van der Waals surface area contributed by atoms with Crippen molar-refractivity contribution in [2.24, 2.45) is 0 Å². The van der Waals surface area contributed by atoms with E-state index in [-0.39, 0.29) is 0 Å². The van der Waals surface area contributed by atoms with Crippen LogP contribution in [-0.4, -0.2) is 19.0 Å². The first-order chi connectivity index (χ1) is 5.11. The summed E-state index contributed by atoms with van der Waals surface area (Å²) in [5.41, 5.74) is 3.70. The van der Waals surface area contributed by atoms with E-state index in [1.165, 1.54) is 16.7 Å². The molecular formula is C10H15N. The van der Waals surface area contributed by atoms with Gasteiger partial charge in [0.15, 0.2) is 0 Å². The van der Waals surface area contributed by atoms with Crippen LogP contribution in [0.25, 0.3) is 0 Å². The Kier molecular flexibility index (Phi) is 2.18. The van der Waals surface area contributed by atoms with Crippen LogP contribution in [-0.2, 0) is 0 Å². The van der Waals surface area contributed by atoms with Crippen LogP contribution in [0, 0.1) is 0 Å². The molecule has 0 amide bonds. The lowest BCUT2D eigenvalue weighted by Gasteiger charge is -2.08. The summed E-state index contributed by atoms with van der Waals surface area (Å²) in [4.78, 5) is 2.04. The Morgan fingerprint density at radius 2 is 1.64 bits per heavy atom. The number of hydrogen-bond donors (Lipinski definition) is 0. The number of allylic oxidation sites excluding steroid dienone is 3. The molecule has 0 saturated heterocycles. The minimum Gasteiger partial charge on any atom is -0.383 e. The Bertz CT molecular complexity index is 203. The Morgan fingerprint density at radius 3 is 2.00 bits per heavy atom. The molecule has 0 aromatic heterocycles. The lowest BCUT2D eigenvalue weighted by molar-refractivity contribution is 0.560. The molecule has 11 heavy (non-hydrogen) atoms. The van der Waals surface area contributed by atoms with E-state index >= 15 is 0 Å². The van der Waals surface area contributed by atoms with Crippen LogP contribution in [0.4, 0.5) is 0 Å². The average molecular weight is 149 g/mol. The van der Waals surface area contributed by atoms with Crippen molar-refractivity contribution in [1.29, 1.82) is 0 Å². The maximum Gasteiger partial charge on any atom is 0.00638 e. The van der Waals surface area contributed by atoms with Gasteiger partial charge in [0.25, 0.3) is 0 Å². The van der Waals surface area contributed by atoms with E-state index in [4.69, 9.17) is 0 Å². The molecule has 0 unspecified atom stereocenters. The van der Waals surface area contributed by atoms with Crippen LogP contribution in [0.3, 0.4) is 0 Å². The molecule has 0 bridgehead atoms. The third kappa shape index (κ3) is 1.73. The van der Waals surface area contributed by atoms with Gasteiger partial charge < -0.3 is 4.90 Å². The van der Waals surface area contributed by atoms with E-state index in [2.05, 4.69) is 19.4 Å². The first kappa shape index (κ1) is 8.12. The van der Waals surface area contributed by atoms with Gasteiger partial charge in [0.05, 0.1) is 0 Å². The molecule has 1 aliphatic rings. The number of hydrogen-bond acceptors (Lipinski definition) is 1. The van der Waals surface area contributed by atoms with Crippen molar-refractivity contribution >= 4 is 0 Å². The maximum absolute atomic E-state index is 3.98. The van der Waals surface area contributed by atoms with Crippen molar-refractivity contribution in [3.05, 3.63) is 36.1 Å². The van der Waals surface area contributed by atoms with E-state index in [9.17, 15) is 0 Å². The third-order valence-corrected chi connectivity index (χ3v) is 1.88. The molecule has 0 aromatic carbocycles. The minimum absolute atomic E-state index is 1.08. The highest BCUT2D eigenvalue weighted by Crippen LogP contribution is 2.32. The summed E-state index contributed by atoms with van der Waals surface area (Å²) in [6, 6.07) is 0. The van der Waals surface area contributed by atoms with Crippen molar-refractivity contribution in [3.8, 4) is 0 Å². The topological polar surface area (TPSA) is 3.24 Å². The van der Waals surface area contributed by atoms with Crippen molar-refractivity contribution in [1.82, 2.24) is 4.90 Å². The molecule has 1 rings (SSSR count). The van der Waals surface area contributed by atoms with Gasteiger partial charge in [-0.1, -0.05) is 13.2 Å². The fourth-order valence-electron chi connectivity index (χ4n) is 1.26. The number of nitrogens with zero attached hydrogens (tertiary/aromatic N) is 1. The van der Waals surface area contributed by atoms with Gasteiger partial charge >= 0.3 is 0 Å². The fourth-order valence-corrected chi connectivity index (χ4v) is 1.26. The van der Waals surface area contributed by atoms with Gasteiger partial charge in [-0.2, -0.15) is 0 Å². The largest absolute Gasteiger partial charge is 0.383 e. The van der Waals surface area contributed by atoms with E-state index in [0.29, 0.717) is 0 Å². The molecule has 1 saturated carbocycles. The monoisotopic (exact) mass is 149 g/mol. The van der Waals surface area contributed by atoms with Gasteiger partial charge in [-0.15, -0.1) is 0 Å². The molecule has 1 fully saturated rings. The average Bonchev–Trinajstić information content (AvgIpc) is 2.18. The Morgan fingerprint density at radius 1 is 1.18 bits per heavy atom. The molecule has 0 N–H and O–H groups in total. The normalized spacial score (nSPS) is 17.5. The predicted octanol–water partition coefficient (Wildman–Crippen LogP) is 2.34. The highest BCUT2D eigenvalue weighted by atomic mass is 15.0. The van der Waals surface area contributed by atoms with Crippen molar-refractivity contribution in [3.63, 3.8) is 0 Å². The lowest BCUT2D eigenvalue weighted by Crippen LogP contribution is -2.02. The first-order valence-corrected chi connectivity index (χ1v) is 3.86. The van der Waals surface area contributed by atoms with Gasteiger partial charge in [-0.05, 0) is 29.6 Å². The van der Waals surface area contributed by atoms with Crippen molar-refractivity contribution in [2.75, 3.05) is 14.1 Å². The summed E-state index contributed by atoms with van der Waals surface area (Å²) in [6.45, 7) is 7.97. The molecule has 0 radical (unpaired) electrons. The molecule has 0 aliphatic heterocycles. The second-order valence-electron chi connectivity index (χ2n) is 3.21. The van der Waals surface area contributed by atoms with Crippen LogP contribution in [0.2, 0.25) is 0 Å². The van der Waals surface area contributed by atoms with Crippen molar-refractivity contribution in [2.45, 2.75) is 12.8 Å². The summed E-state index contributed by atoms with van der Waals surface area (Å²) in [6.07, 6.45) is 4.26. The molecule has 1 nitrogen and oxygen atoms in total. The summed E-state index contributed by atoms with van der Waals surface area (Å²) in [5.74, 6) is 0. The molecule has 1 aliphatic carbocycles. The van der Waals surface area contributed by atoms with Crippen molar-refractivity contribution < 1.29 is 0 Å². The highest BCUT2D eigenvalue weighted by Gasteiger charge is 2.15. The van der Waals surface area contributed by atoms with E-state index in [0.717, 1.165) is 12.8 Å². The van der Waals surface area contributed by atoms with Gasteiger partial charge in [-0.25, -0.2) is 0 Å². The molecular weight excluding hydrogens is 134 g/mol. The quantitative estimate of drug-likeness (QED) is 0.553. The zero-order valence-electron chi connectivity index (χ0n) is 7.35.